The Morgan fingerprint density at radius 1 is 1.22 bits per heavy atom. The van der Waals surface area contributed by atoms with E-state index in [4.69, 9.17) is 5.26 Å². The van der Waals surface area contributed by atoms with E-state index in [0.29, 0.717) is 5.69 Å². The molecule has 18 heavy (non-hydrogen) atoms. The van der Waals surface area contributed by atoms with Gasteiger partial charge >= 0.3 is 0 Å². The van der Waals surface area contributed by atoms with Crippen molar-refractivity contribution in [3.8, 4) is 6.07 Å². The predicted octanol–water partition coefficient (Wildman–Crippen LogP) is 1.42. The van der Waals surface area contributed by atoms with E-state index in [1.807, 2.05) is 30.1 Å². The standard InChI is InChI=1S/C13H13N5/c1-18(7-4-11-2-5-15-6-3-11)13-10-16-12(8-14)9-17-13/h2-3,5-6,9-10H,4,7H2,1H3. The summed E-state index contributed by atoms with van der Waals surface area (Å²) < 4.78 is 0. The number of hydrogen-bond donors (Lipinski definition) is 0. The average molecular weight is 239 g/mol. The first-order valence-electron chi connectivity index (χ1n) is 5.62. The van der Waals surface area contributed by atoms with Gasteiger partial charge in [-0.2, -0.15) is 5.26 Å². The van der Waals surface area contributed by atoms with Crippen LogP contribution in [0.5, 0.6) is 0 Å². The molecule has 5 nitrogen and oxygen atoms in total. The number of anilines is 1. The van der Waals surface area contributed by atoms with E-state index in [9.17, 15) is 0 Å². The molecule has 0 atom stereocenters. The Balaban J connectivity index is 1.95. The second kappa shape index (κ2) is 5.73. The van der Waals surface area contributed by atoms with E-state index < -0.39 is 0 Å². The lowest BCUT2D eigenvalue weighted by Crippen LogP contribution is -2.21. The topological polar surface area (TPSA) is 65.7 Å². The monoisotopic (exact) mass is 239 g/mol. The number of aromatic nitrogens is 3. The van der Waals surface area contributed by atoms with Gasteiger partial charge in [0.1, 0.15) is 11.9 Å². The molecule has 0 bridgehead atoms. The summed E-state index contributed by atoms with van der Waals surface area (Å²) >= 11 is 0. The van der Waals surface area contributed by atoms with Gasteiger partial charge in [0, 0.05) is 26.0 Å². The first-order chi connectivity index (χ1) is 8.79. The minimum Gasteiger partial charge on any atom is -0.358 e. The number of likely N-dealkylation sites (N-methyl/N-ethyl adjacent to an activating group) is 1. The lowest BCUT2D eigenvalue weighted by atomic mass is 10.2. The fourth-order valence-electron chi connectivity index (χ4n) is 1.54. The van der Waals surface area contributed by atoms with Gasteiger partial charge in [-0.1, -0.05) is 0 Å². The molecule has 2 aromatic heterocycles. The van der Waals surface area contributed by atoms with Crippen molar-refractivity contribution in [1.29, 1.82) is 5.26 Å². The van der Waals surface area contributed by atoms with E-state index in [1.165, 1.54) is 11.8 Å². The molecule has 0 saturated heterocycles. The van der Waals surface area contributed by atoms with Crippen molar-refractivity contribution in [3.05, 3.63) is 48.2 Å². The molecule has 0 aliphatic rings. The van der Waals surface area contributed by atoms with E-state index in [1.54, 1.807) is 18.6 Å². The molecule has 0 N–H and O–H groups in total. The molecule has 0 unspecified atom stereocenters. The van der Waals surface area contributed by atoms with Gasteiger partial charge in [-0.25, -0.2) is 9.97 Å². The van der Waals surface area contributed by atoms with Crippen LogP contribution in [0.15, 0.2) is 36.9 Å². The Bertz CT molecular complexity index is 530. The third kappa shape index (κ3) is 3.01. The first-order valence-corrected chi connectivity index (χ1v) is 5.62. The number of pyridine rings is 1. The molecule has 5 heteroatoms. The molecule has 0 radical (unpaired) electrons. The Morgan fingerprint density at radius 3 is 2.61 bits per heavy atom. The average Bonchev–Trinajstić information content (AvgIpc) is 2.46. The second-order valence-electron chi connectivity index (χ2n) is 3.90. The molecule has 2 heterocycles. The van der Waals surface area contributed by atoms with E-state index in [-0.39, 0.29) is 0 Å². The van der Waals surface area contributed by atoms with Gasteiger partial charge in [0.15, 0.2) is 5.69 Å². The van der Waals surface area contributed by atoms with Crippen LogP contribution in [0.25, 0.3) is 0 Å². The largest absolute Gasteiger partial charge is 0.358 e. The highest BCUT2D eigenvalue weighted by molar-refractivity contribution is 5.36. The summed E-state index contributed by atoms with van der Waals surface area (Å²) in [7, 11) is 1.96. The molecule has 0 aromatic carbocycles. The quantitative estimate of drug-likeness (QED) is 0.807. The first kappa shape index (κ1) is 12.0. The van der Waals surface area contributed by atoms with Crippen LogP contribution in [-0.4, -0.2) is 28.5 Å². The lowest BCUT2D eigenvalue weighted by Gasteiger charge is -2.17. The summed E-state index contributed by atoms with van der Waals surface area (Å²) in [4.78, 5) is 14.2. The minimum absolute atomic E-state index is 0.335. The number of nitrogens with zero attached hydrogens (tertiary/aromatic N) is 5. The van der Waals surface area contributed by atoms with Crippen LogP contribution in [0, 0.1) is 11.3 Å². The molecule has 0 saturated carbocycles. The Labute approximate surface area is 106 Å². The zero-order valence-corrected chi connectivity index (χ0v) is 10.1. The van der Waals surface area contributed by atoms with Crippen LogP contribution < -0.4 is 4.90 Å². The van der Waals surface area contributed by atoms with Crippen LogP contribution in [0.2, 0.25) is 0 Å². The van der Waals surface area contributed by atoms with Crippen LogP contribution >= 0.6 is 0 Å². The van der Waals surface area contributed by atoms with Crippen LogP contribution in [0.4, 0.5) is 5.82 Å². The van der Waals surface area contributed by atoms with Crippen molar-refractivity contribution in [3.63, 3.8) is 0 Å². The smallest absolute Gasteiger partial charge is 0.158 e. The van der Waals surface area contributed by atoms with Crippen molar-refractivity contribution in [2.24, 2.45) is 0 Å². The molecule has 0 fully saturated rings. The highest BCUT2D eigenvalue weighted by Gasteiger charge is 2.03. The number of hydrogen-bond acceptors (Lipinski definition) is 5. The molecule has 0 spiro atoms. The van der Waals surface area contributed by atoms with Crippen molar-refractivity contribution < 1.29 is 0 Å². The zero-order valence-electron chi connectivity index (χ0n) is 10.1. The fourth-order valence-corrected chi connectivity index (χ4v) is 1.54. The Morgan fingerprint density at radius 2 is 2.00 bits per heavy atom. The predicted molar refractivity (Wildman–Crippen MR) is 68.0 cm³/mol. The number of rotatable bonds is 4. The summed E-state index contributed by atoms with van der Waals surface area (Å²) in [6.45, 7) is 0.838. The van der Waals surface area contributed by atoms with Crippen molar-refractivity contribution in [1.82, 2.24) is 15.0 Å². The summed E-state index contributed by atoms with van der Waals surface area (Å²) in [6.07, 6.45) is 7.60. The minimum atomic E-state index is 0.335. The fraction of sp³-hybridized carbons (Fsp3) is 0.231. The molecule has 90 valence electrons. The highest BCUT2D eigenvalue weighted by atomic mass is 15.2. The summed E-state index contributed by atoms with van der Waals surface area (Å²) in [5, 5.41) is 8.65. The highest BCUT2D eigenvalue weighted by Crippen LogP contribution is 2.08. The lowest BCUT2D eigenvalue weighted by molar-refractivity contribution is 0.852. The van der Waals surface area contributed by atoms with E-state index in [2.05, 4.69) is 15.0 Å². The summed E-state index contributed by atoms with van der Waals surface area (Å²) in [5.74, 6) is 0.767. The molecule has 2 aromatic rings. The van der Waals surface area contributed by atoms with Gasteiger partial charge in [-0.3, -0.25) is 4.98 Å². The molecule has 0 aliphatic carbocycles. The molecule has 2 rings (SSSR count). The van der Waals surface area contributed by atoms with Gasteiger partial charge in [-0.15, -0.1) is 0 Å². The van der Waals surface area contributed by atoms with E-state index in [0.717, 1.165) is 18.8 Å². The Hall–Kier alpha value is -2.48. The Kier molecular flexibility index (Phi) is 3.82. The van der Waals surface area contributed by atoms with Crippen LogP contribution in [0.1, 0.15) is 11.3 Å². The van der Waals surface area contributed by atoms with Crippen molar-refractivity contribution >= 4 is 5.82 Å². The zero-order chi connectivity index (χ0) is 12.8. The summed E-state index contributed by atoms with van der Waals surface area (Å²) in [5.41, 5.74) is 1.57. The third-order valence-electron chi connectivity index (χ3n) is 2.63. The maximum Gasteiger partial charge on any atom is 0.158 e. The van der Waals surface area contributed by atoms with Crippen molar-refractivity contribution in [2.45, 2.75) is 6.42 Å². The van der Waals surface area contributed by atoms with Crippen LogP contribution in [-0.2, 0) is 6.42 Å². The molecular weight excluding hydrogens is 226 g/mol. The SMILES string of the molecule is CN(CCc1ccncc1)c1cnc(C#N)cn1. The van der Waals surface area contributed by atoms with Gasteiger partial charge < -0.3 is 4.90 Å². The van der Waals surface area contributed by atoms with Gasteiger partial charge in [0.2, 0.25) is 0 Å². The number of nitriles is 1. The summed E-state index contributed by atoms with van der Waals surface area (Å²) in [6, 6.07) is 5.95. The normalized spacial score (nSPS) is 9.78. The van der Waals surface area contributed by atoms with E-state index >= 15 is 0 Å². The van der Waals surface area contributed by atoms with Gasteiger partial charge in [-0.05, 0) is 24.1 Å². The second-order valence-corrected chi connectivity index (χ2v) is 3.90. The van der Waals surface area contributed by atoms with Gasteiger partial charge in [0.05, 0.1) is 12.4 Å². The van der Waals surface area contributed by atoms with Crippen LogP contribution in [0.3, 0.4) is 0 Å². The van der Waals surface area contributed by atoms with Crippen molar-refractivity contribution in [2.75, 3.05) is 18.5 Å². The molecular formula is C13H13N5. The molecule has 0 aliphatic heterocycles. The maximum absolute atomic E-state index is 8.65. The van der Waals surface area contributed by atoms with Gasteiger partial charge in [0.25, 0.3) is 0 Å². The maximum atomic E-state index is 8.65. The third-order valence-corrected chi connectivity index (χ3v) is 2.63. The molecule has 0 amide bonds.